The molecule has 0 atom stereocenters. The lowest BCUT2D eigenvalue weighted by atomic mass is 10.1. The summed E-state index contributed by atoms with van der Waals surface area (Å²) in [7, 11) is 0. The van der Waals surface area contributed by atoms with Crippen LogP contribution in [0, 0.1) is 6.92 Å². The lowest BCUT2D eigenvalue weighted by Crippen LogP contribution is -2.45. The van der Waals surface area contributed by atoms with E-state index in [0.29, 0.717) is 0 Å². The van der Waals surface area contributed by atoms with Gasteiger partial charge in [0, 0.05) is 5.69 Å². The number of aryl methyl sites for hydroxylation is 1. The van der Waals surface area contributed by atoms with Crippen molar-refractivity contribution in [2.75, 3.05) is 5.32 Å². The molecule has 17 heavy (non-hydrogen) atoms. The molecule has 1 amide bonds. The maximum atomic E-state index is 11.7. The number of fused-ring (bicyclic) bond motifs is 1. The Morgan fingerprint density at radius 2 is 2.18 bits per heavy atom. The second kappa shape index (κ2) is 4.09. The first-order valence-corrected chi connectivity index (χ1v) is 6.15. The summed E-state index contributed by atoms with van der Waals surface area (Å²) in [5, 5.41) is 3.81. The van der Waals surface area contributed by atoms with Crippen LogP contribution in [-0.2, 0) is 4.79 Å². The Labute approximate surface area is 104 Å². The SMILES string of the molecule is Cc1nc2ccc(NC(=O)C(C)(C)N)cc2s1. The first-order chi connectivity index (χ1) is 7.86. The molecule has 0 saturated heterocycles. The molecule has 0 bridgehead atoms. The molecule has 1 heterocycles. The van der Waals surface area contributed by atoms with E-state index in [1.807, 2.05) is 25.1 Å². The minimum absolute atomic E-state index is 0.196. The molecule has 0 spiro atoms. The molecule has 2 aromatic rings. The Morgan fingerprint density at radius 1 is 1.47 bits per heavy atom. The topological polar surface area (TPSA) is 68.0 Å². The van der Waals surface area contributed by atoms with Gasteiger partial charge in [-0.3, -0.25) is 4.79 Å². The molecule has 90 valence electrons. The molecule has 2 rings (SSSR count). The lowest BCUT2D eigenvalue weighted by molar-refractivity contribution is -0.120. The Hall–Kier alpha value is -1.46. The summed E-state index contributed by atoms with van der Waals surface area (Å²) in [6.45, 7) is 5.32. The van der Waals surface area contributed by atoms with Gasteiger partial charge in [0.25, 0.3) is 0 Å². The molecular formula is C12H15N3OS. The minimum atomic E-state index is -0.876. The summed E-state index contributed by atoms with van der Waals surface area (Å²) in [6, 6.07) is 5.66. The Kier molecular flexibility index (Phi) is 2.89. The number of carbonyl (C=O) groups excluding carboxylic acids is 1. The van der Waals surface area contributed by atoms with E-state index < -0.39 is 5.54 Å². The monoisotopic (exact) mass is 249 g/mol. The molecule has 3 N–H and O–H groups in total. The van der Waals surface area contributed by atoms with E-state index in [4.69, 9.17) is 5.73 Å². The van der Waals surface area contributed by atoms with E-state index >= 15 is 0 Å². The number of hydrogen-bond acceptors (Lipinski definition) is 4. The van der Waals surface area contributed by atoms with E-state index in [1.54, 1.807) is 25.2 Å². The summed E-state index contributed by atoms with van der Waals surface area (Å²) in [4.78, 5) is 16.1. The van der Waals surface area contributed by atoms with E-state index in [9.17, 15) is 4.79 Å². The highest BCUT2D eigenvalue weighted by Gasteiger charge is 2.21. The molecule has 0 saturated carbocycles. The maximum Gasteiger partial charge on any atom is 0.243 e. The zero-order valence-electron chi connectivity index (χ0n) is 10.1. The summed E-state index contributed by atoms with van der Waals surface area (Å²) >= 11 is 1.61. The average Bonchev–Trinajstić information content (AvgIpc) is 2.55. The molecule has 1 aromatic carbocycles. The highest BCUT2D eigenvalue weighted by Crippen LogP contribution is 2.24. The van der Waals surface area contributed by atoms with Crippen molar-refractivity contribution < 1.29 is 4.79 Å². The number of nitrogens with one attached hydrogen (secondary N) is 1. The molecule has 5 heteroatoms. The van der Waals surface area contributed by atoms with E-state index in [-0.39, 0.29) is 5.91 Å². The van der Waals surface area contributed by atoms with Crippen LogP contribution in [0.15, 0.2) is 18.2 Å². The standard InChI is InChI=1S/C12H15N3OS/c1-7-14-9-5-4-8(6-10(9)17-7)15-11(16)12(2,3)13/h4-6H,13H2,1-3H3,(H,15,16). The van der Waals surface area contributed by atoms with Gasteiger partial charge in [0.15, 0.2) is 0 Å². The fraction of sp³-hybridized carbons (Fsp3) is 0.333. The highest BCUT2D eigenvalue weighted by molar-refractivity contribution is 7.18. The largest absolute Gasteiger partial charge is 0.324 e. The number of anilines is 1. The van der Waals surface area contributed by atoms with Crippen LogP contribution in [0.25, 0.3) is 10.2 Å². The van der Waals surface area contributed by atoms with Crippen molar-refractivity contribution >= 4 is 33.1 Å². The molecule has 1 aromatic heterocycles. The number of hydrogen-bond donors (Lipinski definition) is 2. The molecule has 0 aliphatic rings. The Balaban J connectivity index is 2.28. The van der Waals surface area contributed by atoms with Crippen molar-refractivity contribution in [2.24, 2.45) is 5.73 Å². The lowest BCUT2D eigenvalue weighted by Gasteiger charge is -2.17. The van der Waals surface area contributed by atoms with Crippen molar-refractivity contribution in [2.45, 2.75) is 26.3 Å². The average molecular weight is 249 g/mol. The van der Waals surface area contributed by atoms with Gasteiger partial charge in [-0.25, -0.2) is 4.98 Å². The number of nitrogens with two attached hydrogens (primary N) is 1. The minimum Gasteiger partial charge on any atom is -0.324 e. The second-order valence-electron chi connectivity index (χ2n) is 4.59. The van der Waals surface area contributed by atoms with Crippen LogP contribution in [0.2, 0.25) is 0 Å². The third-order valence-corrected chi connectivity index (χ3v) is 3.27. The molecule has 0 aliphatic carbocycles. The first-order valence-electron chi connectivity index (χ1n) is 5.34. The van der Waals surface area contributed by atoms with Crippen LogP contribution in [0.4, 0.5) is 5.69 Å². The summed E-state index contributed by atoms with van der Waals surface area (Å²) in [6.07, 6.45) is 0. The summed E-state index contributed by atoms with van der Waals surface area (Å²) in [5.74, 6) is -0.196. The van der Waals surface area contributed by atoms with E-state index in [2.05, 4.69) is 10.3 Å². The maximum absolute atomic E-state index is 11.7. The van der Waals surface area contributed by atoms with Gasteiger partial charge < -0.3 is 11.1 Å². The summed E-state index contributed by atoms with van der Waals surface area (Å²) < 4.78 is 1.06. The quantitative estimate of drug-likeness (QED) is 0.858. The molecule has 0 aliphatic heterocycles. The normalized spacial score (nSPS) is 11.8. The summed E-state index contributed by atoms with van der Waals surface area (Å²) in [5.41, 5.74) is 6.56. The molecular weight excluding hydrogens is 234 g/mol. The van der Waals surface area contributed by atoms with Gasteiger partial charge in [-0.15, -0.1) is 11.3 Å². The zero-order chi connectivity index (χ0) is 12.6. The van der Waals surface area contributed by atoms with Gasteiger partial charge in [-0.2, -0.15) is 0 Å². The number of benzene rings is 1. The van der Waals surface area contributed by atoms with E-state index in [0.717, 1.165) is 20.9 Å². The smallest absolute Gasteiger partial charge is 0.243 e. The van der Waals surface area contributed by atoms with Crippen LogP contribution in [0.5, 0.6) is 0 Å². The van der Waals surface area contributed by atoms with Gasteiger partial charge in [0.05, 0.1) is 20.8 Å². The van der Waals surface area contributed by atoms with Crippen LogP contribution in [0.3, 0.4) is 0 Å². The van der Waals surface area contributed by atoms with Crippen molar-refractivity contribution in [1.29, 1.82) is 0 Å². The molecule has 0 unspecified atom stereocenters. The number of carbonyl (C=O) groups is 1. The van der Waals surface area contributed by atoms with Gasteiger partial charge in [0.1, 0.15) is 0 Å². The number of aromatic nitrogens is 1. The zero-order valence-corrected chi connectivity index (χ0v) is 10.9. The van der Waals surface area contributed by atoms with Crippen LogP contribution >= 0.6 is 11.3 Å². The van der Waals surface area contributed by atoms with Crippen LogP contribution in [-0.4, -0.2) is 16.4 Å². The Bertz CT molecular complexity index is 569. The van der Waals surface area contributed by atoms with Crippen LogP contribution < -0.4 is 11.1 Å². The molecule has 4 nitrogen and oxygen atoms in total. The van der Waals surface area contributed by atoms with Crippen molar-refractivity contribution in [3.05, 3.63) is 23.2 Å². The highest BCUT2D eigenvalue weighted by atomic mass is 32.1. The fourth-order valence-corrected chi connectivity index (χ4v) is 2.28. The number of thiazole rings is 1. The van der Waals surface area contributed by atoms with E-state index in [1.165, 1.54) is 0 Å². The number of nitrogens with zero attached hydrogens (tertiary/aromatic N) is 1. The van der Waals surface area contributed by atoms with Crippen molar-refractivity contribution in [3.8, 4) is 0 Å². The predicted octanol–water partition coefficient (Wildman–Crippen LogP) is 2.28. The number of amides is 1. The van der Waals surface area contributed by atoms with Gasteiger partial charge in [-0.1, -0.05) is 0 Å². The predicted molar refractivity (Wildman–Crippen MR) is 71.3 cm³/mol. The van der Waals surface area contributed by atoms with Gasteiger partial charge >= 0.3 is 0 Å². The number of rotatable bonds is 2. The van der Waals surface area contributed by atoms with Crippen LogP contribution in [0.1, 0.15) is 18.9 Å². The molecule has 0 radical (unpaired) electrons. The molecule has 0 fully saturated rings. The second-order valence-corrected chi connectivity index (χ2v) is 5.83. The van der Waals surface area contributed by atoms with Crippen molar-refractivity contribution in [1.82, 2.24) is 4.98 Å². The first kappa shape index (κ1) is 12.0. The fourth-order valence-electron chi connectivity index (χ4n) is 1.41. The third kappa shape index (κ3) is 2.62. The van der Waals surface area contributed by atoms with Crippen molar-refractivity contribution in [3.63, 3.8) is 0 Å². The third-order valence-electron chi connectivity index (χ3n) is 2.34. The van der Waals surface area contributed by atoms with Gasteiger partial charge in [-0.05, 0) is 39.0 Å². The van der Waals surface area contributed by atoms with Gasteiger partial charge in [0.2, 0.25) is 5.91 Å². The Morgan fingerprint density at radius 3 is 2.82 bits per heavy atom.